The monoisotopic (exact) mass is 458 g/mol. The lowest BCUT2D eigenvalue weighted by Crippen LogP contribution is -2.55. The Morgan fingerprint density at radius 1 is 1.23 bits per heavy atom. The number of H-pyrrole nitrogens is 1. The molecule has 31 heavy (non-hydrogen) atoms. The Balaban J connectivity index is 2.81. The highest BCUT2D eigenvalue weighted by Crippen LogP contribution is 2.04. The van der Waals surface area contributed by atoms with Crippen molar-refractivity contribution in [2.75, 3.05) is 18.6 Å². The fourth-order valence-corrected chi connectivity index (χ4v) is 3.15. The quantitative estimate of drug-likeness (QED) is 0.0862. The maximum absolute atomic E-state index is 12.8. The average molecular weight is 459 g/mol. The van der Waals surface area contributed by atoms with E-state index in [0.29, 0.717) is 12.1 Å². The highest BCUT2D eigenvalue weighted by Gasteiger charge is 2.28. The first-order chi connectivity index (χ1) is 14.6. The summed E-state index contributed by atoms with van der Waals surface area (Å²) in [5, 5.41) is 14.4. The number of guanidine groups is 1. The van der Waals surface area contributed by atoms with Crippen molar-refractivity contribution < 1.29 is 23.7 Å². The van der Waals surface area contributed by atoms with Crippen LogP contribution >= 0.6 is 0 Å². The van der Waals surface area contributed by atoms with E-state index >= 15 is 0 Å². The van der Waals surface area contributed by atoms with E-state index in [-0.39, 0.29) is 37.5 Å². The molecule has 4 unspecified atom stereocenters. The first-order valence-electron chi connectivity index (χ1n) is 9.52. The first kappa shape index (κ1) is 26.0. The third-order valence-electron chi connectivity index (χ3n) is 4.22. The molecule has 0 aliphatic heterocycles. The summed E-state index contributed by atoms with van der Waals surface area (Å²) in [5.41, 5.74) is 16.8. The van der Waals surface area contributed by atoms with Crippen LogP contribution in [-0.2, 0) is 31.6 Å². The molecule has 10 N–H and O–H groups in total. The zero-order chi connectivity index (χ0) is 23.4. The van der Waals surface area contributed by atoms with Crippen LogP contribution in [0.3, 0.4) is 0 Å². The minimum atomic E-state index is -1.23. The number of carboxylic acids is 1. The second-order valence-electron chi connectivity index (χ2n) is 6.86. The third kappa shape index (κ3) is 10.5. The minimum absolute atomic E-state index is 0.0460. The van der Waals surface area contributed by atoms with Gasteiger partial charge in [-0.3, -0.25) is 18.8 Å². The summed E-state index contributed by atoms with van der Waals surface area (Å²) in [4.78, 5) is 47.2. The predicted octanol–water partition coefficient (Wildman–Crippen LogP) is -2.84. The Morgan fingerprint density at radius 2 is 1.90 bits per heavy atom. The standard InChI is InChI=1S/C17H30N8O5S/c1-31(30)6-4-11(18)14(26)25-13(7-10-8-21-9-23-10)15(27)24-12(16(28)29)3-2-5-22-17(19)20/h8-9,11-13H,2-7,18H2,1H3,(H,21,23)(H,24,27)(H,25,26)(H,28,29)(H4,19,20,22). The second kappa shape index (κ2) is 13.3. The number of nitrogens with zero attached hydrogens (tertiary/aromatic N) is 2. The number of amides is 2. The molecule has 0 aliphatic carbocycles. The van der Waals surface area contributed by atoms with Crippen LogP contribution in [0.5, 0.6) is 0 Å². The van der Waals surface area contributed by atoms with Gasteiger partial charge in [0, 0.05) is 47.7 Å². The maximum Gasteiger partial charge on any atom is 0.326 e. The smallest absolute Gasteiger partial charge is 0.326 e. The van der Waals surface area contributed by atoms with E-state index in [9.17, 15) is 23.7 Å². The molecule has 13 nitrogen and oxygen atoms in total. The molecule has 0 aliphatic rings. The van der Waals surface area contributed by atoms with Crippen molar-refractivity contribution in [1.82, 2.24) is 20.6 Å². The molecule has 0 aromatic carbocycles. The van der Waals surface area contributed by atoms with Crippen LogP contribution in [0.15, 0.2) is 17.5 Å². The Bertz CT molecular complexity index is 781. The number of nitrogens with two attached hydrogens (primary N) is 3. The summed E-state index contributed by atoms with van der Waals surface area (Å²) in [5.74, 6) is -2.40. The molecule has 0 saturated carbocycles. The fraction of sp³-hybridized carbons (Fsp3) is 0.588. The molecular formula is C17H30N8O5S. The number of hydrogen-bond donors (Lipinski definition) is 7. The lowest BCUT2D eigenvalue weighted by Gasteiger charge is -2.22. The van der Waals surface area contributed by atoms with Crippen LogP contribution in [0.2, 0.25) is 0 Å². The van der Waals surface area contributed by atoms with Gasteiger partial charge in [-0.15, -0.1) is 0 Å². The van der Waals surface area contributed by atoms with Crippen molar-refractivity contribution in [3.63, 3.8) is 0 Å². The number of carbonyl (C=O) groups excluding carboxylic acids is 2. The highest BCUT2D eigenvalue weighted by molar-refractivity contribution is 7.84. The van der Waals surface area contributed by atoms with E-state index in [1.165, 1.54) is 18.8 Å². The summed E-state index contributed by atoms with van der Waals surface area (Å²) in [7, 11) is -1.11. The molecule has 14 heteroatoms. The van der Waals surface area contributed by atoms with Crippen molar-refractivity contribution >= 4 is 34.5 Å². The Hall–Kier alpha value is -3.00. The van der Waals surface area contributed by atoms with Gasteiger partial charge in [0.2, 0.25) is 11.8 Å². The van der Waals surface area contributed by atoms with Gasteiger partial charge in [0.25, 0.3) is 0 Å². The van der Waals surface area contributed by atoms with E-state index in [1.54, 1.807) is 0 Å². The van der Waals surface area contributed by atoms with Crippen molar-refractivity contribution in [2.24, 2.45) is 22.2 Å². The Labute approximate surface area is 182 Å². The highest BCUT2D eigenvalue weighted by atomic mass is 32.2. The van der Waals surface area contributed by atoms with Crippen LogP contribution in [0, 0.1) is 0 Å². The second-order valence-corrected chi connectivity index (χ2v) is 8.42. The van der Waals surface area contributed by atoms with E-state index in [2.05, 4.69) is 25.6 Å². The van der Waals surface area contributed by atoms with Gasteiger partial charge in [-0.25, -0.2) is 9.78 Å². The van der Waals surface area contributed by atoms with Crippen LogP contribution in [0.4, 0.5) is 0 Å². The molecule has 174 valence electrons. The van der Waals surface area contributed by atoms with Gasteiger partial charge in [0.1, 0.15) is 12.1 Å². The molecule has 4 atom stereocenters. The molecule has 0 bridgehead atoms. The predicted molar refractivity (Wildman–Crippen MR) is 115 cm³/mol. The Kier molecular flexibility index (Phi) is 11.2. The molecule has 1 aromatic heterocycles. The zero-order valence-electron chi connectivity index (χ0n) is 17.2. The summed E-state index contributed by atoms with van der Waals surface area (Å²) < 4.78 is 11.2. The van der Waals surface area contributed by atoms with Crippen molar-refractivity contribution in [1.29, 1.82) is 0 Å². The lowest BCUT2D eigenvalue weighted by molar-refractivity contribution is -0.142. The minimum Gasteiger partial charge on any atom is -0.480 e. The van der Waals surface area contributed by atoms with Crippen LogP contribution < -0.4 is 27.8 Å². The topological polar surface area (TPSA) is 232 Å². The fourth-order valence-electron chi connectivity index (χ4n) is 2.56. The van der Waals surface area contributed by atoms with E-state index in [4.69, 9.17) is 17.2 Å². The molecule has 1 aromatic rings. The molecule has 1 rings (SSSR count). The van der Waals surface area contributed by atoms with Crippen molar-refractivity contribution in [3.8, 4) is 0 Å². The molecule has 1 heterocycles. The molecule has 0 radical (unpaired) electrons. The number of aromatic amines is 1. The van der Waals surface area contributed by atoms with Gasteiger partial charge in [-0.05, 0) is 19.3 Å². The first-order valence-corrected chi connectivity index (χ1v) is 11.2. The van der Waals surface area contributed by atoms with Gasteiger partial charge in [0.15, 0.2) is 5.96 Å². The molecule has 0 fully saturated rings. The SMILES string of the molecule is CS(=O)CCC(N)C(=O)NC(Cc1cnc[nH]1)C(=O)NC(CCCN=C(N)N)C(=O)O. The van der Waals surface area contributed by atoms with E-state index < -0.39 is 46.7 Å². The summed E-state index contributed by atoms with van der Waals surface area (Å²) in [6.45, 7) is 0.212. The van der Waals surface area contributed by atoms with E-state index in [0.717, 1.165) is 0 Å². The molecule has 0 saturated heterocycles. The number of hydrogen-bond acceptors (Lipinski definition) is 7. The number of imidazole rings is 1. The number of carbonyl (C=O) groups is 3. The number of aliphatic imine (C=N–C) groups is 1. The van der Waals surface area contributed by atoms with Crippen molar-refractivity contribution in [3.05, 3.63) is 18.2 Å². The lowest BCUT2D eigenvalue weighted by atomic mass is 10.1. The summed E-state index contributed by atoms with van der Waals surface area (Å²) in [6, 6.07) is -3.25. The largest absolute Gasteiger partial charge is 0.480 e. The number of aliphatic carboxylic acids is 1. The number of carboxylic acid groups (broad SMARTS) is 1. The summed E-state index contributed by atoms with van der Waals surface area (Å²) in [6.07, 6.45) is 5.03. The number of nitrogens with one attached hydrogen (secondary N) is 3. The molecule has 0 spiro atoms. The maximum atomic E-state index is 12.8. The van der Waals surface area contributed by atoms with Gasteiger partial charge in [-0.1, -0.05) is 0 Å². The number of rotatable bonds is 14. The average Bonchev–Trinajstić information content (AvgIpc) is 3.20. The zero-order valence-corrected chi connectivity index (χ0v) is 18.1. The van der Waals surface area contributed by atoms with Gasteiger partial charge in [-0.2, -0.15) is 0 Å². The van der Waals surface area contributed by atoms with Crippen LogP contribution in [0.1, 0.15) is 25.0 Å². The normalized spacial score (nSPS) is 14.6. The molecule has 2 amide bonds. The van der Waals surface area contributed by atoms with Gasteiger partial charge in [0.05, 0.1) is 12.4 Å². The summed E-state index contributed by atoms with van der Waals surface area (Å²) >= 11 is 0. The van der Waals surface area contributed by atoms with Crippen LogP contribution in [0.25, 0.3) is 0 Å². The third-order valence-corrected chi connectivity index (χ3v) is 5.04. The molecular weight excluding hydrogens is 428 g/mol. The number of aromatic nitrogens is 2. The van der Waals surface area contributed by atoms with Gasteiger partial charge < -0.3 is 37.9 Å². The Morgan fingerprint density at radius 3 is 2.45 bits per heavy atom. The van der Waals surface area contributed by atoms with Crippen molar-refractivity contribution in [2.45, 2.75) is 43.8 Å². The van der Waals surface area contributed by atoms with Crippen LogP contribution in [-0.4, -0.2) is 79.7 Å². The van der Waals surface area contributed by atoms with E-state index in [1.807, 2.05) is 0 Å². The van der Waals surface area contributed by atoms with Gasteiger partial charge >= 0.3 is 5.97 Å².